The highest BCUT2D eigenvalue weighted by molar-refractivity contribution is 6.29. The molecule has 0 aliphatic carbocycles. The van der Waals surface area contributed by atoms with Crippen molar-refractivity contribution in [1.82, 2.24) is 15.5 Å². The summed E-state index contributed by atoms with van der Waals surface area (Å²) in [5.41, 5.74) is 0.496. The van der Waals surface area contributed by atoms with E-state index in [0.717, 1.165) is 0 Å². The van der Waals surface area contributed by atoms with Crippen LogP contribution in [0.3, 0.4) is 0 Å². The molecule has 2 aromatic rings. The van der Waals surface area contributed by atoms with Crippen molar-refractivity contribution < 1.29 is 23.9 Å². The predicted molar refractivity (Wildman–Crippen MR) is 77.4 cm³/mol. The molecule has 0 aliphatic rings. The van der Waals surface area contributed by atoms with Gasteiger partial charge in [0.15, 0.2) is 5.76 Å². The van der Waals surface area contributed by atoms with Gasteiger partial charge >= 0.3 is 6.09 Å². The van der Waals surface area contributed by atoms with Gasteiger partial charge in [0.25, 0.3) is 0 Å². The molecule has 8 nitrogen and oxygen atoms in total. The summed E-state index contributed by atoms with van der Waals surface area (Å²) in [5, 5.41) is 14.6. The Kier molecular flexibility index (Phi) is 5.42. The Hall–Kier alpha value is -2.48. The number of methoxy groups -OCH3 is 1. The van der Waals surface area contributed by atoms with Crippen molar-refractivity contribution >= 4 is 17.7 Å². The molecule has 0 spiro atoms. The molecule has 2 rings (SSSR count). The third kappa shape index (κ3) is 4.01. The molecule has 9 heteroatoms. The highest BCUT2D eigenvalue weighted by Gasteiger charge is 2.19. The number of rotatable bonds is 7. The first-order valence-electron chi connectivity index (χ1n) is 6.37. The van der Waals surface area contributed by atoms with Crippen LogP contribution in [0, 0.1) is 0 Å². The summed E-state index contributed by atoms with van der Waals surface area (Å²) in [4.78, 5) is 14.5. The maximum Gasteiger partial charge on any atom is 0.404 e. The summed E-state index contributed by atoms with van der Waals surface area (Å²) in [6.45, 7) is 0.516. The van der Waals surface area contributed by atoms with E-state index in [2.05, 4.69) is 15.5 Å². The molecule has 1 amide bonds. The van der Waals surface area contributed by atoms with E-state index in [9.17, 15) is 4.79 Å². The van der Waals surface area contributed by atoms with Crippen LogP contribution in [0.2, 0.25) is 5.15 Å². The van der Waals surface area contributed by atoms with Crippen LogP contribution in [-0.4, -0.2) is 41.6 Å². The average molecular weight is 328 g/mol. The SMILES string of the molecule is COc1cc(Cl)nc(OCCCNC(=O)O)c1-c1ccno1. The zero-order valence-corrected chi connectivity index (χ0v) is 12.5. The van der Waals surface area contributed by atoms with Gasteiger partial charge in [0.05, 0.1) is 19.9 Å². The lowest BCUT2D eigenvalue weighted by Gasteiger charge is -2.12. The zero-order chi connectivity index (χ0) is 15.9. The van der Waals surface area contributed by atoms with Crippen molar-refractivity contribution in [2.45, 2.75) is 6.42 Å². The van der Waals surface area contributed by atoms with E-state index in [1.165, 1.54) is 19.4 Å². The molecule has 0 saturated heterocycles. The van der Waals surface area contributed by atoms with E-state index in [4.69, 9.17) is 30.7 Å². The largest absolute Gasteiger partial charge is 0.496 e. The molecule has 2 aromatic heterocycles. The van der Waals surface area contributed by atoms with Crippen LogP contribution in [0.4, 0.5) is 4.79 Å². The van der Waals surface area contributed by atoms with Gasteiger partial charge in [-0.15, -0.1) is 0 Å². The first kappa shape index (κ1) is 15.9. The predicted octanol–water partition coefficient (Wildman–Crippen LogP) is 2.44. The van der Waals surface area contributed by atoms with Crippen LogP contribution in [0.1, 0.15) is 6.42 Å². The fourth-order valence-corrected chi connectivity index (χ4v) is 1.92. The van der Waals surface area contributed by atoms with Gasteiger partial charge in [0, 0.05) is 18.7 Å². The van der Waals surface area contributed by atoms with Crippen LogP contribution < -0.4 is 14.8 Å². The van der Waals surface area contributed by atoms with Gasteiger partial charge in [0.1, 0.15) is 16.5 Å². The van der Waals surface area contributed by atoms with Crippen LogP contribution >= 0.6 is 11.6 Å². The fraction of sp³-hybridized carbons (Fsp3) is 0.308. The quantitative estimate of drug-likeness (QED) is 0.594. The molecule has 0 bridgehead atoms. The Morgan fingerprint density at radius 1 is 1.55 bits per heavy atom. The molecule has 0 unspecified atom stereocenters. The number of pyridine rings is 1. The Morgan fingerprint density at radius 3 is 3.00 bits per heavy atom. The van der Waals surface area contributed by atoms with Gasteiger partial charge < -0.3 is 24.4 Å². The van der Waals surface area contributed by atoms with E-state index in [1.807, 2.05) is 0 Å². The van der Waals surface area contributed by atoms with Crippen molar-refractivity contribution in [3.63, 3.8) is 0 Å². The molecule has 2 N–H and O–H groups in total. The van der Waals surface area contributed by atoms with Gasteiger partial charge in [-0.1, -0.05) is 16.8 Å². The number of halogens is 1. The van der Waals surface area contributed by atoms with E-state index in [1.54, 1.807) is 6.07 Å². The Balaban J connectivity index is 2.15. The second-order valence-electron chi connectivity index (χ2n) is 4.14. The second-order valence-corrected chi connectivity index (χ2v) is 4.53. The summed E-state index contributed by atoms with van der Waals surface area (Å²) in [7, 11) is 1.49. The first-order valence-corrected chi connectivity index (χ1v) is 6.74. The van der Waals surface area contributed by atoms with Crippen molar-refractivity contribution in [3.8, 4) is 23.0 Å². The molecule has 22 heavy (non-hydrogen) atoms. The monoisotopic (exact) mass is 327 g/mol. The van der Waals surface area contributed by atoms with E-state index in [-0.39, 0.29) is 24.2 Å². The number of carbonyl (C=O) groups is 1. The highest BCUT2D eigenvalue weighted by Crippen LogP contribution is 2.38. The smallest absolute Gasteiger partial charge is 0.404 e. The van der Waals surface area contributed by atoms with E-state index >= 15 is 0 Å². The average Bonchev–Trinajstić information content (AvgIpc) is 2.99. The van der Waals surface area contributed by atoms with Crippen molar-refractivity contribution in [1.29, 1.82) is 0 Å². The van der Waals surface area contributed by atoms with Crippen molar-refractivity contribution in [2.75, 3.05) is 20.3 Å². The lowest BCUT2D eigenvalue weighted by atomic mass is 10.2. The lowest BCUT2D eigenvalue weighted by molar-refractivity contribution is 0.193. The molecule has 118 valence electrons. The normalized spacial score (nSPS) is 10.3. The number of hydrogen-bond donors (Lipinski definition) is 2. The van der Waals surface area contributed by atoms with Crippen LogP contribution in [0.25, 0.3) is 11.3 Å². The van der Waals surface area contributed by atoms with Crippen molar-refractivity contribution in [3.05, 3.63) is 23.5 Å². The molecule has 2 heterocycles. The zero-order valence-electron chi connectivity index (χ0n) is 11.7. The van der Waals surface area contributed by atoms with Crippen LogP contribution in [-0.2, 0) is 0 Å². The maximum absolute atomic E-state index is 10.4. The molecular formula is C13H14ClN3O5. The Bertz CT molecular complexity index is 633. The summed E-state index contributed by atoms with van der Waals surface area (Å²) >= 11 is 5.94. The molecule has 0 atom stereocenters. The molecule has 0 fully saturated rings. The van der Waals surface area contributed by atoms with E-state index < -0.39 is 6.09 Å². The minimum absolute atomic E-state index is 0.207. The molecule has 0 radical (unpaired) electrons. The number of nitrogens with zero attached hydrogens (tertiary/aromatic N) is 2. The third-order valence-corrected chi connectivity index (χ3v) is 2.85. The van der Waals surface area contributed by atoms with Gasteiger partial charge in [-0.05, 0) is 6.42 Å². The molecule has 0 saturated carbocycles. The Morgan fingerprint density at radius 2 is 2.36 bits per heavy atom. The molecule has 0 aliphatic heterocycles. The number of hydrogen-bond acceptors (Lipinski definition) is 6. The van der Waals surface area contributed by atoms with Gasteiger partial charge in [0.2, 0.25) is 5.88 Å². The van der Waals surface area contributed by atoms with E-state index in [0.29, 0.717) is 23.5 Å². The number of amides is 1. The minimum atomic E-state index is -1.08. The fourth-order valence-electron chi connectivity index (χ4n) is 1.74. The van der Waals surface area contributed by atoms with Crippen LogP contribution in [0.15, 0.2) is 22.9 Å². The standard InChI is InChI=1S/C13H14ClN3O5/c1-20-9-7-10(14)17-12(11(9)8-3-5-16-22-8)21-6-2-4-15-13(18)19/h3,5,7,15H,2,4,6H2,1H3,(H,18,19). The molecule has 0 aromatic carbocycles. The molecular weight excluding hydrogens is 314 g/mol. The summed E-state index contributed by atoms with van der Waals surface area (Å²) < 4.78 is 16.0. The van der Waals surface area contributed by atoms with Gasteiger partial charge in [-0.2, -0.15) is 0 Å². The van der Waals surface area contributed by atoms with Gasteiger partial charge in [-0.25, -0.2) is 9.78 Å². The summed E-state index contributed by atoms with van der Waals surface area (Å²) in [6, 6.07) is 3.19. The lowest BCUT2D eigenvalue weighted by Crippen LogP contribution is -2.23. The van der Waals surface area contributed by atoms with Gasteiger partial charge in [-0.3, -0.25) is 0 Å². The number of nitrogens with one attached hydrogen (secondary N) is 1. The third-order valence-electron chi connectivity index (χ3n) is 2.66. The first-order chi connectivity index (χ1) is 10.6. The number of carboxylic acid groups (broad SMARTS) is 1. The maximum atomic E-state index is 10.4. The summed E-state index contributed by atoms with van der Waals surface area (Å²) in [6.07, 6.45) is 0.882. The topological polar surface area (TPSA) is 107 Å². The number of ether oxygens (including phenoxy) is 2. The highest BCUT2D eigenvalue weighted by atomic mass is 35.5. The minimum Gasteiger partial charge on any atom is -0.496 e. The second kappa shape index (κ2) is 7.51. The van der Waals surface area contributed by atoms with Crippen molar-refractivity contribution in [2.24, 2.45) is 0 Å². The Labute approximate surface area is 131 Å². The number of aromatic nitrogens is 2. The van der Waals surface area contributed by atoms with Crippen LogP contribution in [0.5, 0.6) is 11.6 Å². The summed E-state index contributed by atoms with van der Waals surface area (Å²) in [5.74, 6) is 1.10.